The van der Waals surface area contributed by atoms with Crippen molar-refractivity contribution < 1.29 is 4.74 Å². The molecule has 31 heavy (non-hydrogen) atoms. The number of ether oxygens (including phenoxy) is 1. The largest absolute Gasteiger partial charge is 0.487 e. The molecule has 1 aromatic rings. The lowest BCUT2D eigenvalue weighted by atomic mass is 9.84. The number of fused-ring (bicyclic) bond motifs is 1. The first kappa shape index (κ1) is 27.0. The molecule has 0 aliphatic carbocycles. The highest BCUT2D eigenvalue weighted by molar-refractivity contribution is 14.1. The molecule has 0 saturated heterocycles. The summed E-state index contributed by atoms with van der Waals surface area (Å²) in [7, 11) is 0. The maximum absolute atomic E-state index is 6.71. The van der Waals surface area contributed by atoms with E-state index in [0.717, 1.165) is 24.2 Å². The van der Waals surface area contributed by atoms with Gasteiger partial charge in [-0.15, -0.1) is 0 Å². The molecule has 1 heterocycles. The molecular weight excluding hydrogens is 491 g/mol. The Kier molecular flexibility index (Phi) is 10.7. The molecule has 1 nitrogen and oxygen atoms in total. The minimum Gasteiger partial charge on any atom is -0.487 e. The Bertz CT molecular complexity index is 707. The molecule has 2 rings (SSSR count). The van der Waals surface area contributed by atoms with Gasteiger partial charge in [0.2, 0.25) is 0 Å². The molecule has 0 N–H and O–H groups in total. The summed E-state index contributed by atoms with van der Waals surface area (Å²) in [4.78, 5) is 0. The number of hydrogen-bond donors (Lipinski definition) is 0. The number of rotatable bonds is 12. The van der Waals surface area contributed by atoms with Gasteiger partial charge in [0.05, 0.1) is 0 Å². The molecule has 1 aliphatic rings. The average molecular weight is 541 g/mol. The molecular formula is C29H49IO. The number of halogens is 1. The van der Waals surface area contributed by atoms with Gasteiger partial charge >= 0.3 is 0 Å². The van der Waals surface area contributed by atoms with Crippen LogP contribution in [0.4, 0.5) is 0 Å². The van der Waals surface area contributed by atoms with E-state index in [9.17, 15) is 0 Å². The van der Waals surface area contributed by atoms with Gasteiger partial charge in [0.1, 0.15) is 11.4 Å². The lowest BCUT2D eigenvalue weighted by Crippen LogP contribution is -2.37. The highest BCUT2D eigenvalue weighted by Crippen LogP contribution is 2.42. The van der Waals surface area contributed by atoms with Crippen molar-refractivity contribution in [3.63, 3.8) is 0 Å². The summed E-state index contributed by atoms with van der Waals surface area (Å²) in [6, 6.07) is 0. The Labute approximate surface area is 207 Å². The molecule has 0 fully saturated rings. The van der Waals surface area contributed by atoms with Crippen molar-refractivity contribution in [2.75, 3.05) is 0 Å². The average Bonchev–Trinajstić information content (AvgIpc) is 2.70. The van der Waals surface area contributed by atoms with Crippen LogP contribution in [-0.2, 0) is 6.42 Å². The molecule has 0 spiro atoms. The van der Waals surface area contributed by atoms with Crippen LogP contribution in [0.15, 0.2) is 0 Å². The summed E-state index contributed by atoms with van der Waals surface area (Å²) in [5.41, 5.74) is 5.65. The van der Waals surface area contributed by atoms with Gasteiger partial charge in [-0.25, -0.2) is 0 Å². The summed E-state index contributed by atoms with van der Waals surface area (Å²) < 4.78 is 8.13. The monoisotopic (exact) mass is 540 g/mol. The fraction of sp³-hybridized carbons (Fsp3) is 0.793. The van der Waals surface area contributed by atoms with Crippen molar-refractivity contribution in [2.24, 2.45) is 17.8 Å². The van der Waals surface area contributed by atoms with E-state index in [1.54, 1.807) is 0 Å². The quantitative estimate of drug-likeness (QED) is 0.240. The lowest BCUT2D eigenvalue weighted by molar-refractivity contribution is 0.0513. The van der Waals surface area contributed by atoms with E-state index in [4.69, 9.17) is 4.74 Å². The minimum absolute atomic E-state index is 0.00801. The van der Waals surface area contributed by atoms with Crippen LogP contribution in [0.2, 0.25) is 0 Å². The van der Waals surface area contributed by atoms with Crippen LogP contribution in [0.25, 0.3) is 0 Å². The van der Waals surface area contributed by atoms with Crippen molar-refractivity contribution in [3.8, 4) is 5.75 Å². The molecule has 1 aromatic carbocycles. The van der Waals surface area contributed by atoms with Crippen LogP contribution in [0, 0.1) is 42.1 Å². The Morgan fingerprint density at radius 2 is 1.35 bits per heavy atom. The zero-order valence-corrected chi connectivity index (χ0v) is 24.0. The topological polar surface area (TPSA) is 9.23 Å². The van der Waals surface area contributed by atoms with Crippen molar-refractivity contribution in [3.05, 3.63) is 25.8 Å². The SMILES string of the molecule is Cc1c(C)c2c(c(C)c1I)CC[C@@](C)(CCCC(C)CCCC(C)CCCC(C)C)O2. The summed E-state index contributed by atoms with van der Waals surface area (Å²) in [5.74, 6) is 3.80. The Morgan fingerprint density at radius 1 is 0.806 bits per heavy atom. The van der Waals surface area contributed by atoms with Gasteiger partial charge in [0.15, 0.2) is 0 Å². The summed E-state index contributed by atoms with van der Waals surface area (Å²) in [5, 5.41) is 0. The standard InChI is InChI=1S/C29H49IO/c1-20(2)12-9-13-21(3)14-10-15-22(4)16-11-18-29(8)19-17-26-25(7)27(30)23(5)24(6)28(26)31-29/h20-22H,9-19H2,1-8H3/t21?,22?,29-/m1/s1. The molecule has 178 valence electrons. The van der Waals surface area contributed by atoms with E-state index in [-0.39, 0.29) is 5.60 Å². The fourth-order valence-electron chi connectivity index (χ4n) is 5.25. The first-order valence-electron chi connectivity index (χ1n) is 13.0. The molecule has 2 heteroatoms. The summed E-state index contributed by atoms with van der Waals surface area (Å²) in [6.45, 7) is 18.7. The smallest absolute Gasteiger partial charge is 0.126 e. The van der Waals surface area contributed by atoms with Gasteiger partial charge in [0.25, 0.3) is 0 Å². The van der Waals surface area contributed by atoms with Gasteiger partial charge in [0, 0.05) is 3.57 Å². The van der Waals surface area contributed by atoms with E-state index in [2.05, 4.69) is 78.0 Å². The predicted molar refractivity (Wildman–Crippen MR) is 145 cm³/mol. The van der Waals surface area contributed by atoms with E-state index in [1.807, 2.05) is 0 Å². The maximum Gasteiger partial charge on any atom is 0.126 e. The first-order chi connectivity index (χ1) is 14.5. The molecule has 0 aromatic heterocycles. The Morgan fingerprint density at radius 3 is 1.94 bits per heavy atom. The van der Waals surface area contributed by atoms with E-state index in [1.165, 1.54) is 95.8 Å². The van der Waals surface area contributed by atoms with Crippen molar-refractivity contribution in [2.45, 2.75) is 132 Å². The molecule has 0 bridgehead atoms. The molecule has 1 aliphatic heterocycles. The van der Waals surface area contributed by atoms with Crippen LogP contribution in [0.3, 0.4) is 0 Å². The minimum atomic E-state index is 0.00801. The third kappa shape index (κ3) is 7.93. The predicted octanol–water partition coefficient (Wildman–Crippen LogP) is 9.74. The second-order valence-electron chi connectivity index (χ2n) is 11.4. The van der Waals surface area contributed by atoms with E-state index in [0.29, 0.717) is 0 Å². The Hall–Kier alpha value is -0.250. The van der Waals surface area contributed by atoms with E-state index >= 15 is 0 Å². The molecule has 0 amide bonds. The zero-order valence-electron chi connectivity index (χ0n) is 21.8. The second-order valence-corrected chi connectivity index (χ2v) is 12.5. The third-order valence-electron chi connectivity index (χ3n) is 7.82. The summed E-state index contributed by atoms with van der Waals surface area (Å²) in [6.07, 6.45) is 14.6. The highest BCUT2D eigenvalue weighted by atomic mass is 127. The van der Waals surface area contributed by atoms with Gasteiger partial charge in [-0.2, -0.15) is 0 Å². The van der Waals surface area contributed by atoms with Crippen LogP contribution in [0.1, 0.15) is 121 Å². The van der Waals surface area contributed by atoms with Crippen molar-refractivity contribution in [1.82, 2.24) is 0 Å². The Balaban J connectivity index is 1.74. The van der Waals surface area contributed by atoms with Crippen LogP contribution in [0.5, 0.6) is 5.75 Å². The van der Waals surface area contributed by atoms with Gasteiger partial charge in [-0.1, -0.05) is 72.6 Å². The molecule has 3 atom stereocenters. The van der Waals surface area contributed by atoms with Crippen LogP contribution in [-0.4, -0.2) is 5.60 Å². The third-order valence-corrected chi connectivity index (χ3v) is 9.43. The van der Waals surface area contributed by atoms with Crippen molar-refractivity contribution in [1.29, 1.82) is 0 Å². The van der Waals surface area contributed by atoms with Crippen LogP contribution >= 0.6 is 22.6 Å². The van der Waals surface area contributed by atoms with E-state index < -0.39 is 0 Å². The van der Waals surface area contributed by atoms with Crippen molar-refractivity contribution >= 4 is 22.6 Å². The number of hydrogen-bond acceptors (Lipinski definition) is 1. The zero-order chi connectivity index (χ0) is 23.2. The highest BCUT2D eigenvalue weighted by Gasteiger charge is 2.33. The molecule has 0 radical (unpaired) electrons. The fourth-order valence-corrected chi connectivity index (χ4v) is 5.98. The van der Waals surface area contributed by atoms with Gasteiger partial charge in [-0.05, 0) is 116 Å². The maximum atomic E-state index is 6.71. The normalized spacial score (nSPS) is 20.5. The van der Waals surface area contributed by atoms with Gasteiger partial charge < -0.3 is 4.74 Å². The second kappa shape index (κ2) is 12.3. The molecule has 0 saturated carbocycles. The number of benzene rings is 1. The van der Waals surface area contributed by atoms with Gasteiger partial charge in [-0.3, -0.25) is 0 Å². The first-order valence-corrected chi connectivity index (χ1v) is 14.1. The summed E-state index contributed by atoms with van der Waals surface area (Å²) >= 11 is 2.51. The lowest BCUT2D eigenvalue weighted by Gasteiger charge is -2.38. The molecule has 2 unspecified atom stereocenters. The van der Waals surface area contributed by atoms with Crippen LogP contribution < -0.4 is 4.74 Å².